The molecule has 4 nitrogen and oxygen atoms in total. The fraction of sp³-hybridized carbons (Fsp3) is 0.667. The van der Waals surface area contributed by atoms with Crippen LogP contribution in [0.2, 0.25) is 0 Å². The maximum atomic E-state index is 3.67. The van der Waals surface area contributed by atoms with E-state index < -0.39 is 0 Å². The number of nitrogens with zero attached hydrogens (tertiary/aromatic N) is 3. The fourth-order valence-electron chi connectivity index (χ4n) is 0.421. The van der Waals surface area contributed by atoms with E-state index in [1.54, 1.807) is 5.01 Å². The lowest BCUT2D eigenvalue weighted by Crippen LogP contribution is -2.27. The molecule has 0 saturated heterocycles. The van der Waals surface area contributed by atoms with Crippen LogP contribution in [0.4, 0.5) is 0 Å². The second-order valence-corrected chi connectivity index (χ2v) is 2.19. The summed E-state index contributed by atoms with van der Waals surface area (Å²) in [7, 11) is 1.84. The normalized spacial score (nSPS) is 26.2. The Labute approximate surface area is 52.3 Å². The van der Waals surface area contributed by atoms with Crippen molar-refractivity contribution >= 4 is 11.8 Å². The summed E-state index contributed by atoms with van der Waals surface area (Å²) in [5, 5.41) is 8.94. The van der Waals surface area contributed by atoms with E-state index >= 15 is 0 Å². The maximum absolute atomic E-state index is 3.67. The van der Waals surface area contributed by atoms with Crippen LogP contribution >= 0.6 is 11.8 Å². The van der Waals surface area contributed by atoms with Crippen molar-refractivity contribution in [1.82, 2.24) is 10.4 Å². The van der Waals surface area contributed by atoms with Crippen LogP contribution in [-0.2, 0) is 0 Å². The highest BCUT2D eigenvalue weighted by Gasteiger charge is 2.14. The van der Waals surface area contributed by atoms with Gasteiger partial charge in [-0.3, -0.25) is 5.43 Å². The van der Waals surface area contributed by atoms with E-state index in [1.165, 1.54) is 11.8 Å². The van der Waals surface area contributed by atoms with Gasteiger partial charge >= 0.3 is 0 Å². The Morgan fingerprint density at radius 3 is 2.88 bits per heavy atom. The van der Waals surface area contributed by atoms with Gasteiger partial charge < -0.3 is 0 Å². The van der Waals surface area contributed by atoms with Crippen molar-refractivity contribution in [1.29, 1.82) is 0 Å². The zero-order valence-corrected chi connectivity index (χ0v) is 5.35. The molecule has 1 heterocycles. The lowest BCUT2D eigenvalue weighted by molar-refractivity contribution is 0.350. The fourth-order valence-corrected chi connectivity index (χ4v) is 0.801. The number of rotatable bonds is 1. The monoisotopic (exact) mass is 131 g/mol. The van der Waals surface area contributed by atoms with Gasteiger partial charge in [0.1, 0.15) is 0 Å². The van der Waals surface area contributed by atoms with E-state index in [2.05, 4.69) is 22.1 Å². The molecular formula is C3H7N4S. The Balaban J connectivity index is 2.38. The smallest absolute Gasteiger partial charge is 0.181 e. The van der Waals surface area contributed by atoms with Crippen LogP contribution in [0.3, 0.4) is 0 Å². The molecule has 1 aliphatic rings. The molecule has 45 valence electrons. The molecule has 0 amide bonds. The van der Waals surface area contributed by atoms with E-state index in [4.69, 9.17) is 0 Å². The standard InChI is InChI=1S/C3H7N4S/c1-7-3(8-2)4-5-6-7/h3H,2H2,1H3,(H,4,6). The molecule has 1 aliphatic heterocycles. The third-order valence-corrected chi connectivity index (χ3v) is 1.58. The zero-order chi connectivity index (χ0) is 5.98. The van der Waals surface area contributed by atoms with Gasteiger partial charge in [-0.25, -0.2) is 5.01 Å². The van der Waals surface area contributed by atoms with Gasteiger partial charge in [-0.15, -0.1) is 11.8 Å². The number of hydrogen-bond donors (Lipinski definition) is 1. The van der Waals surface area contributed by atoms with Crippen molar-refractivity contribution in [3.63, 3.8) is 0 Å². The van der Waals surface area contributed by atoms with Gasteiger partial charge in [0.25, 0.3) is 0 Å². The Bertz CT molecular complexity index is 103. The summed E-state index contributed by atoms with van der Waals surface area (Å²) >= 11 is 1.42. The highest BCUT2D eigenvalue weighted by Crippen LogP contribution is 2.13. The summed E-state index contributed by atoms with van der Waals surface area (Å²) in [5.41, 5.74) is 2.86. The second-order valence-electron chi connectivity index (χ2n) is 1.41. The summed E-state index contributed by atoms with van der Waals surface area (Å²) in [6, 6.07) is 0. The topological polar surface area (TPSA) is 40.0 Å². The summed E-state index contributed by atoms with van der Waals surface area (Å²) in [6.07, 6.45) is 3.61. The predicted octanol–water partition coefficient (Wildman–Crippen LogP) is 0.612. The first kappa shape index (κ1) is 5.68. The van der Waals surface area contributed by atoms with Crippen LogP contribution in [0.5, 0.6) is 0 Å². The molecule has 0 spiro atoms. The minimum absolute atomic E-state index is 0.120. The lowest BCUT2D eigenvalue weighted by Gasteiger charge is -2.12. The van der Waals surface area contributed by atoms with Crippen molar-refractivity contribution in [3.05, 3.63) is 6.26 Å². The van der Waals surface area contributed by atoms with E-state index in [-0.39, 0.29) is 5.50 Å². The van der Waals surface area contributed by atoms with Crippen molar-refractivity contribution in [2.75, 3.05) is 7.05 Å². The third kappa shape index (κ3) is 0.861. The van der Waals surface area contributed by atoms with E-state index in [0.29, 0.717) is 0 Å². The van der Waals surface area contributed by atoms with Crippen LogP contribution in [0, 0.1) is 6.26 Å². The van der Waals surface area contributed by atoms with E-state index in [1.807, 2.05) is 7.05 Å². The minimum atomic E-state index is 0.120. The molecule has 1 unspecified atom stereocenters. The predicted molar refractivity (Wildman–Crippen MR) is 32.5 cm³/mol. The Hall–Kier alpha value is -0.450. The van der Waals surface area contributed by atoms with Crippen LogP contribution in [0.25, 0.3) is 0 Å². The molecule has 5 heteroatoms. The molecule has 1 rings (SSSR count). The summed E-state index contributed by atoms with van der Waals surface area (Å²) in [6.45, 7) is 0. The number of hydrogen-bond acceptors (Lipinski definition) is 5. The van der Waals surface area contributed by atoms with E-state index in [9.17, 15) is 0 Å². The molecular weight excluding hydrogens is 124 g/mol. The average Bonchev–Trinajstić information content (AvgIpc) is 2.14. The maximum Gasteiger partial charge on any atom is 0.181 e. The first-order valence-corrected chi connectivity index (χ1v) is 3.19. The second kappa shape index (κ2) is 2.21. The first-order chi connectivity index (χ1) is 3.84. The first-order valence-electron chi connectivity index (χ1n) is 2.14. The van der Waals surface area contributed by atoms with Gasteiger partial charge in [-0.1, -0.05) is 10.4 Å². The van der Waals surface area contributed by atoms with Gasteiger partial charge in [-0.2, -0.15) is 0 Å². The SMILES string of the molecule is [CH2]SC1NN=NN1C. The Morgan fingerprint density at radius 2 is 2.62 bits per heavy atom. The summed E-state index contributed by atoms with van der Waals surface area (Å²) in [4.78, 5) is 0. The average molecular weight is 131 g/mol. The summed E-state index contributed by atoms with van der Waals surface area (Å²) < 4.78 is 0. The quantitative estimate of drug-likeness (QED) is 0.567. The highest BCUT2D eigenvalue weighted by molar-refractivity contribution is 8.00. The van der Waals surface area contributed by atoms with Gasteiger partial charge in [0, 0.05) is 13.3 Å². The number of nitrogens with one attached hydrogen (secondary N) is 1. The van der Waals surface area contributed by atoms with E-state index in [0.717, 1.165) is 0 Å². The summed E-state index contributed by atoms with van der Waals surface area (Å²) in [5.74, 6) is 0. The van der Waals surface area contributed by atoms with Gasteiger partial charge in [0.15, 0.2) is 5.50 Å². The largest absolute Gasteiger partial charge is 0.257 e. The van der Waals surface area contributed by atoms with Gasteiger partial charge in [-0.05, 0) is 0 Å². The third-order valence-electron chi connectivity index (χ3n) is 0.851. The Kier molecular flexibility index (Phi) is 1.57. The number of thioether (sulfide) groups is 1. The molecule has 1 N–H and O–H groups in total. The van der Waals surface area contributed by atoms with Crippen molar-refractivity contribution in [2.45, 2.75) is 5.50 Å². The van der Waals surface area contributed by atoms with Crippen LogP contribution < -0.4 is 5.43 Å². The molecule has 8 heavy (non-hydrogen) atoms. The van der Waals surface area contributed by atoms with Gasteiger partial charge in [0.2, 0.25) is 0 Å². The molecule has 1 radical (unpaired) electrons. The van der Waals surface area contributed by atoms with Crippen LogP contribution in [0.15, 0.2) is 10.4 Å². The zero-order valence-electron chi connectivity index (χ0n) is 4.53. The van der Waals surface area contributed by atoms with Crippen LogP contribution in [-0.4, -0.2) is 17.6 Å². The Morgan fingerprint density at radius 1 is 1.88 bits per heavy atom. The molecule has 0 aromatic carbocycles. The minimum Gasteiger partial charge on any atom is -0.257 e. The molecule has 0 aromatic rings. The van der Waals surface area contributed by atoms with Crippen molar-refractivity contribution in [3.8, 4) is 0 Å². The molecule has 0 bridgehead atoms. The van der Waals surface area contributed by atoms with Gasteiger partial charge in [0.05, 0.1) is 0 Å². The molecule has 1 atom stereocenters. The molecule has 0 aliphatic carbocycles. The molecule has 0 aromatic heterocycles. The van der Waals surface area contributed by atoms with Crippen LogP contribution in [0.1, 0.15) is 0 Å². The molecule has 0 saturated carbocycles. The molecule has 0 fully saturated rings. The highest BCUT2D eigenvalue weighted by atomic mass is 32.2. The van der Waals surface area contributed by atoms with Crippen molar-refractivity contribution < 1.29 is 0 Å². The lowest BCUT2D eigenvalue weighted by atomic mass is 11.0. The van der Waals surface area contributed by atoms with Crippen molar-refractivity contribution in [2.24, 2.45) is 10.4 Å².